The first kappa shape index (κ1) is 17.0. The van der Waals surface area contributed by atoms with E-state index in [4.69, 9.17) is 5.11 Å². The number of nitro benzene ring substituents is 2. The van der Waals surface area contributed by atoms with E-state index in [2.05, 4.69) is 10.3 Å². The van der Waals surface area contributed by atoms with Gasteiger partial charge in [-0.1, -0.05) is 0 Å². The molecular formula is C13H13N5O6. The molecule has 24 heavy (non-hydrogen) atoms. The fraction of sp³-hybridized carbons (Fsp3) is 0.231. The summed E-state index contributed by atoms with van der Waals surface area (Å²) < 4.78 is 1.15. The Balaban J connectivity index is 2.48. The average Bonchev–Trinajstić information content (AvgIpc) is 2.99. The summed E-state index contributed by atoms with van der Waals surface area (Å²) >= 11 is 0. The number of likely N-dealkylation sites (N-methyl/N-ethyl adjacent to an activating group) is 1. The van der Waals surface area contributed by atoms with Crippen molar-refractivity contribution < 1.29 is 19.7 Å². The summed E-state index contributed by atoms with van der Waals surface area (Å²) in [5.74, 6) is -1.08. The minimum atomic E-state index is -1.08. The van der Waals surface area contributed by atoms with Crippen LogP contribution in [0.4, 0.5) is 11.4 Å². The van der Waals surface area contributed by atoms with E-state index in [0.29, 0.717) is 5.69 Å². The Bertz CT molecular complexity index is 770. The molecule has 2 aromatic rings. The Labute approximate surface area is 134 Å². The number of rotatable bonds is 7. The van der Waals surface area contributed by atoms with Crippen LogP contribution in [0, 0.1) is 20.2 Å². The number of carboxylic acid groups (broad SMARTS) is 1. The van der Waals surface area contributed by atoms with Gasteiger partial charge in [0.15, 0.2) is 0 Å². The third kappa shape index (κ3) is 3.35. The van der Waals surface area contributed by atoms with Crippen LogP contribution in [-0.2, 0) is 11.2 Å². The topological polar surface area (TPSA) is 153 Å². The molecule has 0 unspecified atom stereocenters. The highest BCUT2D eigenvalue weighted by molar-refractivity contribution is 5.73. The van der Waals surface area contributed by atoms with Crippen LogP contribution in [0.15, 0.2) is 30.7 Å². The summed E-state index contributed by atoms with van der Waals surface area (Å²) in [5.41, 5.74) is -0.806. The van der Waals surface area contributed by atoms with E-state index >= 15 is 0 Å². The van der Waals surface area contributed by atoms with Gasteiger partial charge in [0.25, 0.3) is 11.4 Å². The summed E-state index contributed by atoms with van der Waals surface area (Å²) in [4.78, 5) is 35.9. The number of hydrogen-bond acceptors (Lipinski definition) is 7. The molecule has 0 saturated carbocycles. The van der Waals surface area contributed by atoms with Crippen molar-refractivity contribution in [3.63, 3.8) is 0 Å². The minimum Gasteiger partial charge on any atom is -0.480 e. The predicted molar refractivity (Wildman–Crippen MR) is 81.1 cm³/mol. The lowest BCUT2D eigenvalue weighted by Gasteiger charge is -2.08. The molecule has 1 atom stereocenters. The molecule has 0 radical (unpaired) electrons. The second kappa shape index (κ2) is 6.83. The number of aromatic nitrogens is 2. The van der Waals surface area contributed by atoms with E-state index in [0.717, 1.165) is 16.7 Å². The standard InChI is InChI=1S/C13H13N5O6/c1-14-9(13(19)20)5-8-6-16(7-15-8)12-10(17(21)22)3-2-4-11(12)18(23)24/h2-4,6-7,9,14H,5H2,1H3,(H,19,20)/t9-/m0/s1. The summed E-state index contributed by atoms with van der Waals surface area (Å²) in [5, 5.41) is 33.9. The van der Waals surface area contributed by atoms with Gasteiger partial charge in [0.1, 0.15) is 6.04 Å². The molecule has 0 spiro atoms. The average molecular weight is 335 g/mol. The van der Waals surface area contributed by atoms with Gasteiger partial charge in [0.2, 0.25) is 5.69 Å². The Hall–Kier alpha value is -3.34. The number of nitrogens with one attached hydrogen (secondary N) is 1. The highest BCUT2D eigenvalue weighted by Crippen LogP contribution is 2.32. The van der Waals surface area contributed by atoms with Crippen molar-refractivity contribution in [2.45, 2.75) is 12.5 Å². The van der Waals surface area contributed by atoms with Gasteiger partial charge in [-0.25, -0.2) is 4.98 Å². The third-order valence-electron chi connectivity index (χ3n) is 3.34. The van der Waals surface area contributed by atoms with Crippen molar-refractivity contribution in [2.75, 3.05) is 7.05 Å². The lowest BCUT2D eigenvalue weighted by molar-refractivity contribution is -0.393. The predicted octanol–water partition coefficient (Wildman–Crippen LogP) is 0.904. The number of para-hydroxylation sites is 1. The molecule has 11 heteroatoms. The van der Waals surface area contributed by atoms with Gasteiger partial charge in [-0.15, -0.1) is 0 Å². The third-order valence-corrected chi connectivity index (χ3v) is 3.34. The first-order valence-corrected chi connectivity index (χ1v) is 6.70. The lowest BCUT2D eigenvalue weighted by atomic mass is 10.1. The lowest BCUT2D eigenvalue weighted by Crippen LogP contribution is -2.35. The zero-order valence-corrected chi connectivity index (χ0v) is 12.4. The molecule has 2 rings (SSSR count). The number of benzene rings is 1. The molecule has 0 saturated heterocycles. The Morgan fingerprint density at radius 2 is 1.92 bits per heavy atom. The van der Waals surface area contributed by atoms with E-state index in [1.54, 1.807) is 0 Å². The molecule has 1 aromatic carbocycles. The molecule has 1 aromatic heterocycles. The first-order chi connectivity index (χ1) is 11.3. The number of carbonyl (C=O) groups is 1. The summed E-state index contributed by atoms with van der Waals surface area (Å²) in [6, 6.07) is 2.62. The van der Waals surface area contributed by atoms with Crippen molar-refractivity contribution in [3.05, 3.63) is 56.6 Å². The van der Waals surface area contributed by atoms with E-state index in [1.165, 1.54) is 25.6 Å². The van der Waals surface area contributed by atoms with E-state index in [9.17, 15) is 25.0 Å². The number of nitrogens with zero attached hydrogens (tertiary/aromatic N) is 4. The van der Waals surface area contributed by atoms with Crippen LogP contribution in [0.25, 0.3) is 5.69 Å². The fourth-order valence-corrected chi connectivity index (χ4v) is 2.19. The maximum Gasteiger partial charge on any atom is 0.321 e. The van der Waals surface area contributed by atoms with Crippen LogP contribution in [0.2, 0.25) is 0 Å². The van der Waals surface area contributed by atoms with Gasteiger partial charge in [-0.3, -0.25) is 29.6 Å². The second-order valence-electron chi connectivity index (χ2n) is 4.81. The maximum absolute atomic E-state index is 11.2. The molecule has 0 bridgehead atoms. The number of imidazole rings is 1. The monoisotopic (exact) mass is 335 g/mol. The Morgan fingerprint density at radius 1 is 1.33 bits per heavy atom. The van der Waals surface area contributed by atoms with Gasteiger partial charge in [0, 0.05) is 24.8 Å². The summed E-state index contributed by atoms with van der Waals surface area (Å²) in [6.07, 6.45) is 2.54. The van der Waals surface area contributed by atoms with Crippen LogP contribution in [0.5, 0.6) is 0 Å². The van der Waals surface area contributed by atoms with Crippen LogP contribution >= 0.6 is 0 Å². The Morgan fingerprint density at radius 3 is 2.38 bits per heavy atom. The maximum atomic E-state index is 11.2. The largest absolute Gasteiger partial charge is 0.480 e. The van der Waals surface area contributed by atoms with Crippen molar-refractivity contribution in [1.29, 1.82) is 0 Å². The van der Waals surface area contributed by atoms with Gasteiger partial charge in [-0.2, -0.15) is 0 Å². The van der Waals surface area contributed by atoms with Gasteiger partial charge in [0.05, 0.1) is 21.9 Å². The summed E-state index contributed by atoms with van der Waals surface area (Å²) in [7, 11) is 1.47. The van der Waals surface area contributed by atoms with Crippen LogP contribution in [0.3, 0.4) is 0 Å². The number of aliphatic carboxylic acids is 1. The number of nitro groups is 2. The highest BCUT2D eigenvalue weighted by atomic mass is 16.6. The molecule has 0 fully saturated rings. The zero-order valence-electron chi connectivity index (χ0n) is 12.4. The molecule has 0 aliphatic heterocycles. The van der Waals surface area contributed by atoms with Crippen molar-refractivity contribution in [3.8, 4) is 5.69 Å². The molecule has 2 N–H and O–H groups in total. The second-order valence-corrected chi connectivity index (χ2v) is 4.81. The molecule has 126 valence electrons. The van der Waals surface area contributed by atoms with Crippen molar-refractivity contribution in [2.24, 2.45) is 0 Å². The number of carboxylic acids is 1. The molecular weight excluding hydrogens is 322 g/mol. The molecule has 0 aliphatic rings. The normalized spacial score (nSPS) is 11.9. The van der Waals surface area contributed by atoms with Crippen LogP contribution < -0.4 is 5.32 Å². The van der Waals surface area contributed by atoms with Gasteiger partial charge < -0.3 is 10.4 Å². The molecule has 1 heterocycles. The quantitative estimate of drug-likeness (QED) is 0.559. The molecule has 0 aliphatic carbocycles. The Kier molecular flexibility index (Phi) is 4.84. The van der Waals surface area contributed by atoms with Gasteiger partial charge in [-0.05, 0) is 13.1 Å². The van der Waals surface area contributed by atoms with Crippen LogP contribution in [-0.4, -0.2) is 43.6 Å². The van der Waals surface area contributed by atoms with Crippen molar-refractivity contribution >= 4 is 17.3 Å². The van der Waals surface area contributed by atoms with Crippen LogP contribution in [0.1, 0.15) is 5.69 Å². The minimum absolute atomic E-state index is 0.0211. The summed E-state index contributed by atoms with van der Waals surface area (Å²) in [6.45, 7) is 0. The molecule has 0 amide bonds. The van der Waals surface area contributed by atoms with Gasteiger partial charge >= 0.3 is 5.97 Å². The molecule has 11 nitrogen and oxygen atoms in total. The smallest absolute Gasteiger partial charge is 0.321 e. The SMILES string of the molecule is CN[C@@H](Cc1cn(-c2c([N+](=O)[O-])cccc2[N+](=O)[O-])cn1)C(=O)O. The fourth-order valence-electron chi connectivity index (χ4n) is 2.19. The van der Waals surface area contributed by atoms with E-state index in [1.807, 2.05) is 0 Å². The highest BCUT2D eigenvalue weighted by Gasteiger charge is 2.27. The zero-order chi connectivity index (χ0) is 17.9. The van der Waals surface area contributed by atoms with Crippen molar-refractivity contribution in [1.82, 2.24) is 14.9 Å². The number of hydrogen-bond donors (Lipinski definition) is 2. The first-order valence-electron chi connectivity index (χ1n) is 6.70. The van der Waals surface area contributed by atoms with E-state index in [-0.39, 0.29) is 12.1 Å². The van der Waals surface area contributed by atoms with E-state index < -0.39 is 33.2 Å².